The first kappa shape index (κ1) is 12.0. The van der Waals surface area contributed by atoms with Gasteiger partial charge in [-0.3, -0.25) is 4.79 Å². The van der Waals surface area contributed by atoms with Crippen LogP contribution in [0.5, 0.6) is 0 Å². The molecule has 1 aliphatic rings. The maximum atomic E-state index is 11.8. The fourth-order valence-corrected chi connectivity index (χ4v) is 2.49. The van der Waals surface area contributed by atoms with Crippen molar-refractivity contribution in [3.63, 3.8) is 0 Å². The van der Waals surface area contributed by atoms with Gasteiger partial charge in [-0.15, -0.1) is 0 Å². The summed E-state index contributed by atoms with van der Waals surface area (Å²) in [6.45, 7) is 0.762. The quantitative estimate of drug-likeness (QED) is 0.784. The fraction of sp³-hybridized carbons (Fsp3) is 0.500. The van der Waals surface area contributed by atoms with Gasteiger partial charge in [-0.2, -0.15) is 0 Å². The van der Waals surface area contributed by atoms with Crippen LogP contribution >= 0.6 is 0 Å². The van der Waals surface area contributed by atoms with Crippen molar-refractivity contribution in [2.75, 3.05) is 12.3 Å². The Balaban J connectivity index is 1.79. The van der Waals surface area contributed by atoms with Crippen LogP contribution in [0.25, 0.3) is 0 Å². The number of carbonyl (C=O) groups is 1. The van der Waals surface area contributed by atoms with Crippen molar-refractivity contribution in [3.05, 3.63) is 29.8 Å². The van der Waals surface area contributed by atoms with E-state index in [0.29, 0.717) is 11.3 Å². The van der Waals surface area contributed by atoms with Crippen molar-refractivity contribution in [3.8, 4) is 0 Å². The first-order valence-corrected chi connectivity index (χ1v) is 6.40. The van der Waals surface area contributed by atoms with Crippen molar-refractivity contribution >= 4 is 11.6 Å². The summed E-state index contributed by atoms with van der Waals surface area (Å²) in [7, 11) is 0. The van der Waals surface area contributed by atoms with Crippen molar-refractivity contribution < 1.29 is 4.79 Å². The molecule has 0 radical (unpaired) electrons. The number of nitrogen functional groups attached to an aromatic ring is 1. The Kier molecular flexibility index (Phi) is 4.02. The third-order valence-corrected chi connectivity index (χ3v) is 3.52. The number of nitrogens with two attached hydrogens (primary N) is 1. The van der Waals surface area contributed by atoms with Gasteiger partial charge < -0.3 is 11.1 Å². The highest BCUT2D eigenvalue weighted by molar-refractivity contribution is 5.98. The Morgan fingerprint density at radius 2 is 2.00 bits per heavy atom. The van der Waals surface area contributed by atoms with E-state index in [4.69, 9.17) is 5.73 Å². The Bertz CT molecular complexity index is 384. The van der Waals surface area contributed by atoms with Crippen molar-refractivity contribution in [1.29, 1.82) is 0 Å². The van der Waals surface area contributed by atoms with Crippen molar-refractivity contribution in [2.24, 2.45) is 5.92 Å². The molecule has 3 heteroatoms. The van der Waals surface area contributed by atoms with E-state index >= 15 is 0 Å². The molecule has 0 bridgehead atoms. The Hall–Kier alpha value is -1.51. The number of para-hydroxylation sites is 1. The zero-order valence-corrected chi connectivity index (χ0v) is 10.1. The predicted molar refractivity (Wildman–Crippen MR) is 69.8 cm³/mol. The molecule has 0 atom stereocenters. The summed E-state index contributed by atoms with van der Waals surface area (Å²) in [5.74, 6) is 0.754. The highest BCUT2D eigenvalue weighted by atomic mass is 16.1. The normalized spacial score (nSPS) is 16.0. The molecule has 1 aromatic rings. The molecule has 92 valence electrons. The molecule has 1 amide bonds. The summed E-state index contributed by atoms with van der Waals surface area (Å²) < 4.78 is 0. The summed E-state index contributed by atoms with van der Waals surface area (Å²) >= 11 is 0. The molecule has 0 spiro atoms. The van der Waals surface area contributed by atoms with Gasteiger partial charge >= 0.3 is 0 Å². The minimum Gasteiger partial charge on any atom is -0.398 e. The molecule has 0 saturated heterocycles. The van der Waals surface area contributed by atoms with Crippen LogP contribution in [0.1, 0.15) is 42.5 Å². The lowest BCUT2D eigenvalue weighted by atomic mass is 10.0. The smallest absolute Gasteiger partial charge is 0.253 e. The molecule has 0 heterocycles. The number of carbonyl (C=O) groups excluding carboxylic acids is 1. The first-order chi connectivity index (χ1) is 8.27. The lowest BCUT2D eigenvalue weighted by Crippen LogP contribution is -2.26. The van der Waals surface area contributed by atoms with E-state index in [1.807, 2.05) is 12.1 Å². The van der Waals surface area contributed by atoms with E-state index in [1.54, 1.807) is 12.1 Å². The van der Waals surface area contributed by atoms with Gasteiger partial charge in [0.1, 0.15) is 0 Å². The average molecular weight is 232 g/mol. The molecule has 0 aliphatic heterocycles. The first-order valence-electron chi connectivity index (χ1n) is 6.40. The fourth-order valence-electron chi connectivity index (χ4n) is 2.49. The maximum absolute atomic E-state index is 11.8. The largest absolute Gasteiger partial charge is 0.398 e. The molecular weight excluding hydrogens is 212 g/mol. The molecule has 1 aliphatic carbocycles. The Morgan fingerprint density at radius 3 is 2.71 bits per heavy atom. The number of anilines is 1. The summed E-state index contributed by atoms with van der Waals surface area (Å²) in [5, 5.41) is 2.95. The standard InChI is InChI=1S/C14H20N2O/c15-13-8-4-3-7-12(13)14(17)16-10-9-11-5-1-2-6-11/h3-4,7-8,11H,1-2,5-6,9-10,15H2,(H,16,17). The topological polar surface area (TPSA) is 55.1 Å². The van der Waals surface area contributed by atoms with Crippen LogP contribution in [0.15, 0.2) is 24.3 Å². The van der Waals surface area contributed by atoms with Crippen LogP contribution < -0.4 is 11.1 Å². The zero-order chi connectivity index (χ0) is 12.1. The third-order valence-electron chi connectivity index (χ3n) is 3.52. The number of hydrogen-bond acceptors (Lipinski definition) is 2. The molecule has 0 unspecified atom stereocenters. The third kappa shape index (κ3) is 3.22. The van der Waals surface area contributed by atoms with Crippen molar-refractivity contribution in [1.82, 2.24) is 5.32 Å². The van der Waals surface area contributed by atoms with Gasteiger partial charge in [-0.25, -0.2) is 0 Å². The molecule has 0 aromatic heterocycles. The second-order valence-corrected chi connectivity index (χ2v) is 4.78. The van der Waals surface area contributed by atoms with Gasteiger partial charge in [0.2, 0.25) is 0 Å². The molecule has 3 nitrogen and oxygen atoms in total. The van der Waals surface area contributed by atoms with E-state index in [0.717, 1.165) is 18.9 Å². The van der Waals surface area contributed by atoms with Crippen LogP contribution in [0.3, 0.4) is 0 Å². The molecule has 2 rings (SSSR count). The number of rotatable bonds is 4. The van der Waals surface area contributed by atoms with E-state index in [-0.39, 0.29) is 5.91 Å². The van der Waals surface area contributed by atoms with Crippen LogP contribution in [0, 0.1) is 5.92 Å². The Labute approximate surface area is 102 Å². The van der Waals surface area contributed by atoms with Crippen LogP contribution in [-0.4, -0.2) is 12.5 Å². The molecule has 1 aromatic carbocycles. The van der Waals surface area contributed by atoms with E-state index in [1.165, 1.54) is 25.7 Å². The van der Waals surface area contributed by atoms with E-state index < -0.39 is 0 Å². The van der Waals surface area contributed by atoms with Crippen molar-refractivity contribution in [2.45, 2.75) is 32.1 Å². The number of amides is 1. The molecule has 1 saturated carbocycles. The minimum absolute atomic E-state index is 0.0545. The second-order valence-electron chi connectivity index (χ2n) is 4.78. The van der Waals surface area contributed by atoms with Crippen LogP contribution in [0.4, 0.5) is 5.69 Å². The monoisotopic (exact) mass is 232 g/mol. The SMILES string of the molecule is Nc1ccccc1C(=O)NCCC1CCCC1. The molecule has 1 fully saturated rings. The summed E-state index contributed by atoms with van der Waals surface area (Å²) in [5.41, 5.74) is 6.88. The van der Waals surface area contributed by atoms with E-state index in [2.05, 4.69) is 5.32 Å². The summed E-state index contributed by atoms with van der Waals surface area (Å²) in [6.07, 6.45) is 6.44. The van der Waals surface area contributed by atoms with Crippen LogP contribution in [-0.2, 0) is 0 Å². The highest BCUT2D eigenvalue weighted by Crippen LogP contribution is 2.26. The summed E-state index contributed by atoms with van der Waals surface area (Å²) in [6, 6.07) is 7.19. The molecule has 17 heavy (non-hydrogen) atoms. The van der Waals surface area contributed by atoms with Gasteiger partial charge in [0, 0.05) is 12.2 Å². The van der Waals surface area contributed by atoms with Gasteiger partial charge in [-0.05, 0) is 24.5 Å². The molecule has 3 N–H and O–H groups in total. The lowest BCUT2D eigenvalue weighted by Gasteiger charge is -2.10. The zero-order valence-electron chi connectivity index (χ0n) is 10.1. The Morgan fingerprint density at radius 1 is 1.29 bits per heavy atom. The van der Waals surface area contributed by atoms with E-state index in [9.17, 15) is 4.79 Å². The molecular formula is C14H20N2O. The second kappa shape index (κ2) is 5.71. The van der Waals surface area contributed by atoms with Gasteiger partial charge in [0.25, 0.3) is 5.91 Å². The number of benzene rings is 1. The lowest BCUT2D eigenvalue weighted by molar-refractivity contribution is 0.0952. The predicted octanol–water partition coefficient (Wildman–Crippen LogP) is 2.58. The van der Waals surface area contributed by atoms with Gasteiger partial charge in [0.05, 0.1) is 5.56 Å². The van der Waals surface area contributed by atoms with Gasteiger partial charge in [-0.1, -0.05) is 37.8 Å². The number of nitrogens with one attached hydrogen (secondary N) is 1. The average Bonchev–Trinajstić information content (AvgIpc) is 2.82. The summed E-state index contributed by atoms with van der Waals surface area (Å²) in [4.78, 5) is 11.8. The van der Waals surface area contributed by atoms with Gasteiger partial charge in [0.15, 0.2) is 0 Å². The maximum Gasteiger partial charge on any atom is 0.253 e. The number of hydrogen-bond donors (Lipinski definition) is 2. The van der Waals surface area contributed by atoms with Crippen LogP contribution in [0.2, 0.25) is 0 Å². The highest BCUT2D eigenvalue weighted by Gasteiger charge is 2.15. The minimum atomic E-state index is -0.0545.